The third-order valence-corrected chi connectivity index (χ3v) is 6.16. The molecule has 1 saturated heterocycles. The summed E-state index contributed by atoms with van der Waals surface area (Å²) in [6.07, 6.45) is 3.57. The number of aryl methyl sites for hydroxylation is 1. The minimum Gasteiger partial charge on any atom is -0.467 e. The van der Waals surface area contributed by atoms with Crippen molar-refractivity contribution < 1.29 is 4.42 Å². The fourth-order valence-electron chi connectivity index (χ4n) is 4.22. The Hall–Kier alpha value is -2.64. The van der Waals surface area contributed by atoms with Crippen LogP contribution in [-0.4, -0.2) is 51.6 Å². The van der Waals surface area contributed by atoms with E-state index < -0.39 is 0 Å². The minimum absolute atomic E-state index is 0.0124. The van der Waals surface area contributed by atoms with Crippen LogP contribution in [0.4, 0.5) is 0 Å². The van der Waals surface area contributed by atoms with Crippen LogP contribution >= 0.6 is 12.2 Å². The largest absolute Gasteiger partial charge is 0.467 e. The number of furan rings is 1. The molecule has 1 N–H and O–H groups in total. The van der Waals surface area contributed by atoms with Crippen LogP contribution in [0.25, 0.3) is 0 Å². The Bertz CT molecular complexity index is 996. The molecule has 3 aromatic rings. The SMILES string of the molecule is Cc1cc([C@@H]2[C@H](c3ccccn3)NC(=S)N2CCN(C)C)c(C)n1Cc1ccco1. The van der Waals surface area contributed by atoms with Crippen LogP contribution in [0.1, 0.15) is 40.5 Å². The highest BCUT2D eigenvalue weighted by atomic mass is 32.1. The lowest BCUT2D eigenvalue weighted by Gasteiger charge is -2.29. The molecule has 3 aromatic heterocycles. The van der Waals surface area contributed by atoms with Crippen molar-refractivity contribution in [2.24, 2.45) is 0 Å². The van der Waals surface area contributed by atoms with Gasteiger partial charge >= 0.3 is 0 Å². The van der Waals surface area contributed by atoms with Gasteiger partial charge in [-0.1, -0.05) is 6.07 Å². The summed E-state index contributed by atoms with van der Waals surface area (Å²) in [5, 5.41) is 4.33. The molecule has 6 nitrogen and oxygen atoms in total. The minimum atomic E-state index is 0.0124. The first-order chi connectivity index (χ1) is 14.5. The lowest BCUT2D eigenvalue weighted by atomic mass is 9.97. The molecular formula is C23H29N5OS. The molecule has 4 rings (SSSR count). The Kier molecular flexibility index (Phi) is 5.92. The van der Waals surface area contributed by atoms with Gasteiger partial charge in [0.25, 0.3) is 0 Å². The van der Waals surface area contributed by atoms with E-state index in [4.69, 9.17) is 16.6 Å². The lowest BCUT2D eigenvalue weighted by Crippen LogP contribution is -2.35. The average molecular weight is 424 g/mol. The molecule has 0 saturated carbocycles. The molecule has 0 amide bonds. The highest BCUT2D eigenvalue weighted by molar-refractivity contribution is 7.80. The molecule has 0 bridgehead atoms. The number of hydrogen-bond donors (Lipinski definition) is 1. The Morgan fingerprint density at radius 3 is 2.70 bits per heavy atom. The summed E-state index contributed by atoms with van der Waals surface area (Å²) in [6, 6.07) is 12.4. The van der Waals surface area contributed by atoms with Gasteiger partial charge in [-0.2, -0.15) is 0 Å². The maximum atomic E-state index is 5.77. The van der Waals surface area contributed by atoms with Crippen LogP contribution in [0.5, 0.6) is 0 Å². The first-order valence-electron chi connectivity index (χ1n) is 10.3. The first kappa shape index (κ1) is 20.6. The van der Waals surface area contributed by atoms with E-state index in [-0.39, 0.29) is 12.1 Å². The van der Waals surface area contributed by atoms with Gasteiger partial charge in [0.15, 0.2) is 5.11 Å². The predicted molar refractivity (Wildman–Crippen MR) is 122 cm³/mol. The quantitative estimate of drug-likeness (QED) is 0.585. The number of aromatic nitrogens is 2. The Labute approximate surface area is 183 Å². The van der Waals surface area contributed by atoms with Crippen molar-refractivity contribution in [1.82, 2.24) is 24.7 Å². The number of hydrogen-bond acceptors (Lipinski definition) is 4. The van der Waals surface area contributed by atoms with Crippen LogP contribution in [-0.2, 0) is 6.54 Å². The van der Waals surface area contributed by atoms with Gasteiger partial charge in [0.1, 0.15) is 5.76 Å². The second kappa shape index (κ2) is 8.62. The van der Waals surface area contributed by atoms with Crippen LogP contribution in [0.2, 0.25) is 0 Å². The van der Waals surface area contributed by atoms with Gasteiger partial charge in [0.2, 0.25) is 0 Å². The number of pyridine rings is 1. The molecule has 1 aliphatic rings. The van der Waals surface area contributed by atoms with Crippen LogP contribution < -0.4 is 5.32 Å². The second-order valence-electron chi connectivity index (χ2n) is 8.12. The summed E-state index contributed by atoms with van der Waals surface area (Å²) >= 11 is 5.77. The number of rotatable bonds is 7. The van der Waals surface area contributed by atoms with Gasteiger partial charge in [0, 0.05) is 30.7 Å². The summed E-state index contributed by atoms with van der Waals surface area (Å²) in [5.41, 5.74) is 4.73. The maximum absolute atomic E-state index is 5.77. The lowest BCUT2D eigenvalue weighted by molar-refractivity contribution is 0.277. The summed E-state index contributed by atoms with van der Waals surface area (Å²) in [5.74, 6) is 0.953. The Morgan fingerprint density at radius 2 is 2.03 bits per heavy atom. The third kappa shape index (κ3) is 4.00. The number of nitrogens with one attached hydrogen (secondary N) is 1. The summed E-state index contributed by atoms with van der Waals surface area (Å²) < 4.78 is 7.91. The van der Waals surface area contributed by atoms with Gasteiger partial charge in [-0.25, -0.2) is 0 Å². The average Bonchev–Trinajstić information content (AvgIpc) is 3.42. The smallest absolute Gasteiger partial charge is 0.170 e. The zero-order chi connectivity index (χ0) is 21.3. The van der Waals surface area contributed by atoms with Crippen molar-refractivity contribution in [1.29, 1.82) is 0 Å². The molecule has 158 valence electrons. The molecular weight excluding hydrogens is 394 g/mol. The molecule has 0 aliphatic carbocycles. The molecule has 0 spiro atoms. The highest BCUT2D eigenvalue weighted by Gasteiger charge is 2.41. The van der Waals surface area contributed by atoms with E-state index in [1.165, 1.54) is 17.0 Å². The number of nitrogens with zero attached hydrogens (tertiary/aromatic N) is 4. The van der Waals surface area contributed by atoms with Gasteiger partial charge < -0.3 is 24.1 Å². The Morgan fingerprint density at radius 1 is 1.20 bits per heavy atom. The molecule has 30 heavy (non-hydrogen) atoms. The fraction of sp³-hybridized carbons (Fsp3) is 0.391. The van der Waals surface area contributed by atoms with Gasteiger partial charge in [0.05, 0.1) is 30.6 Å². The zero-order valence-electron chi connectivity index (χ0n) is 18.0. The van der Waals surface area contributed by atoms with Crippen molar-refractivity contribution in [2.75, 3.05) is 27.2 Å². The molecule has 4 heterocycles. The molecule has 1 fully saturated rings. The van der Waals surface area contributed by atoms with Crippen LogP contribution in [0.15, 0.2) is 53.3 Å². The first-order valence-corrected chi connectivity index (χ1v) is 10.7. The molecule has 7 heteroatoms. The standard InChI is InChI=1S/C23H29N5OS/c1-16-14-19(17(2)28(16)15-18-8-7-13-29-18)22-21(20-9-5-6-10-24-20)25-23(30)27(22)12-11-26(3)4/h5-10,13-14,21-22H,11-12,15H2,1-4H3,(H,25,30)/t21-,22+/m0/s1. The topological polar surface area (TPSA) is 49.5 Å². The van der Waals surface area contributed by atoms with Crippen molar-refractivity contribution >= 4 is 17.3 Å². The number of likely N-dealkylation sites (N-methyl/N-ethyl adjacent to an activating group) is 1. The van der Waals surface area contributed by atoms with Gasteiger partial charge in [-0.05, 0) is 76.1 Å². The molecule has 0 radical (unpaired) electrons. The summed E-state index contributed by atoms with van der Waals surface area (Å²) in [6.45, 7) is 6.85. The van der Waals surface area contributed by atoms with Crippen molar-refractivity contribution in [3.05, 3.63) is 77.3 Å². The molecule has 0 unspecified atom stereocenters. The predicted octanol–water partition coefficient (Wildman–Crippen LogP) is 3.68. The van der Waals surface area contributed by atoms with Crippen molar-refractivity contribution in [2.45, 2.75) is 32.5 Å². The third-order valence-electron chi connectivity index (χ3n) is 5.81. The molecule has 0 aromatic carbocycles. The van der Waals surface area contributed by atoms with Crippen LogP contribution in [0.3, 0.4) is 0 Å². The van der Waals surface area contributed by atoms with E-state index in [1.807, 2.05) is 30.5 Å². The van der Waals surface area contributed by atoms with Crippen molar-refractivity contribution in [3.63, 3.8) is 0 Å². The monoisotopic (exact) mass is 423 g/mol. The zero-order valence-corrected chi connectivity index (χ0v) is 18.8. The normalized spacial score (nSPS) is 19.0. The van der Waals surface area contributed by atoms with Crippen molar-refractivity contribution in [3.8, 4) is 0 Å². The molecule has 1 aliphatic heterocycles. The molecule has 2 atom stereocenters. The van der Waals surface area contributed by atoms with E-state index >= 15 is 0 Å². The highest BCUT2D eigenvalue weighted by Crippen LogP contribution is 2.40. The summed E-state index contributed by atoms with van der Waals surface area (Å²) in [7, 11) is 4.18. The fourth-order valence-corrected chi connectivity index (χ4v) is 4.55. The van der Waals surface area contributed by atoms with E-state index in [1.54, 1.807) is 6.26 Å². The van der Waals surface area contributed by atoms with E-state index in [0.29, 0.717) is 0 Å². The van der Waals surface area contributed by atoms with Gasteiger partial charge in [-0.15, -0.1) is 0 Å². The Balaban J connectivity index is 1.74. The van der Waals surface area contributed by atoms with Crippen LogP contribution in [0, 0.1) is 13.8 Å². The number of thiocarbonyl (C=S) groups is 1. The summed E-state index contributed by atoms with van der Waals surface area (Å²) in [4.78, 5) is 9.14. The second-order valence-corrected chi connectivity index (χ2v) is 8.50. The van der Waals surface area contributed by atoms with E-state index in [9.17, 15) is 0 Å². The van der Waals surface area contributed by atoms with E-state index in [0.717, 1.165) is 36.2 Å². The maximum Gasteiger partial charge on any atom is 0.170 e. The van der Waals surface area contributed by atoms with Gasteiger partial charge in [-0.3, -0.25) is 4.98 Å². The van der Waals surface area contributed by atoms with E-state index in [2.05, 4.69) is 64.7 Å².